The second kappa shape index (κ2) is 8.42. The van der Waals surface area contributed by atoms with Crippen LogP contribution in [0, 0.1) is 0 Å². The van der Waals surface area contributed by atoms with Crippen molar-refractivity contribution in [2.45, 2.75) is 38.5 Å². The first-order chi connectivity index (χ1) is 17.4. The molecule has 0 spiro atoms. The van der Waals surface area contributed by atoms with Gasteiger partial charge in [-0.15, -0.1) is 0 Å². The van der Waals surface area contributed by atoms with Gasteiger partial charge in [0.15, 0.2) is 5.69 Å². The number of fused-ring (bicyclic) bond motifs is 3. The molecule has 36 heavy (non-hydrogen) atoms. The van der Waals surface area contributed by atoms with Gasteiger partial charge in [-0.2, -0.15) is 5.10 Å². The van der Waals surface area contributed by atoms with Gasteiger partial charge < -0.3 is 21.1 Å². The molecule has 0 bridgehead atoms. The summed E-state index contributed by atoms with van der Waals surface area (Å²) >= 11 is 0. The number of ether oxygens (including phenoxy) is 1. The van der Waals surface area contributed by atoms with Crippen LogP contribution in [0.4, 0.5) is 11.5 Å². The number of anilines is 2. The van der Waals surface area contributed by atoms with Crippen LogP contribution in [0.3, 0.4) is 0 Å². The lowest BCUT2D eigenvalue weighted by molar-refractivity contribution is 0.0984. The minimum Gasteiger partial charge on any atom is -0.383 e. The Morgan fingerprint density at radius 3 is 2.69 bits per heavy atom. The fraction of sp³-hybridized carbons (Fsp3) is 0.269. The smallest absolute Gasteiger partial charge is 0.271 e. The number of amides is 2. The Kier molecular flexibility index (Phi) is 5.18. The van der Waals surface area contributed by atoms with Crippen LogP contribution < -0.4 is 16.4 Å². The quantitative estimate of drug-likeness (QED) is 0.429. The zero-order valence-corrected chi connectivity index (χ0v) is 19.8. The summed E-state index contributed by atoms with van der Waals surface area (Å²) in [6, 6.07) is 9.49. The molecular formula is C26H25N7O3. The summed E-state index contributed by atoms with van der Waals surface area (Å²) in [7, 11) is 1.68. The van der Waals surface area contributed by atoms with Crippen LogP contribution in [0.15, 0.2) is 42.7 Å². The molecule has 0 unspecified atom stereocenters. The van der Waals surface area contributed by atoms with Crippen LogP contribution in [-0.4, -0.2) is 31.6 Å². The molecule has 1 aromatic carbocycles. The van der Waals surface area contributed by atoms with E-state index in [-0.39, 0.29) is 18.1 Å². The number of nitrogen functional groups attached to an aromatic ring is 1. The molecule has 10 nitrogen and oxygen atoms in total. The van der Waals surface area contributed by atoms with Gasteiger partial charge in [0.1, 0.15) is 5.82 Å². The molecule has 0 saturated heterocycles. The highest BCUT2D eigenvalue weighted by Crippen LogP contribution is 2.39. The predicted octanol–water partition coefficient (Wildman–Crippen LogP) is 2.80. The number of nitrogens with two attached hydrogens (primary N) is 2. The number of pyridine rings is 2. The highest BCUT2D eigenvalue weighted by Gasteiger charge is 2.28. The Labute approximate surface area is 206 Å². The summed E-state index contributed by atoms with van der Waals surface area (Å²) in [6.45, 7) is 1.11. The van der Waals surface area contributed by atoms with Crippen molar-refractivity contribution in [2.75, 3.05) is 10.6 Å². The molecule has 4 heterocycles. The van der Waals surface area contributed by atoms with Gasteiger partial charge in [0, 0.05) is 42.0 Å². The van der Waals surface area contributed by atoms with E-state index < -0.39 is 5.91 Å². The number of benzene rings is 1. The molecule has 4 N–H and O–H groups in total. The van der Waals surface area contributed by atoms with Gasteiger partial charge in [0.2, 0.25) is 0 Å². The molecule has 0 atom stereocenters. The minimum absolute atomic E-state index is 0.0199. The molecule has 2 amide bonds. The van der Waals surface area contributed by atoms with E-state index in [1.165, 1.54) is 9.58 Å². The summed E-state index contributed by atoms with van der Waals surface area (Å²) in [5.41, 5.74) is 17.0. The van der Waals surface area contributed by atoms with Crippen LogP contribution in [-0.2, 0) is 31.5 Å². The Balaban J connectivity index is 1.40. The molecule has 182 valence electrons. The zero-order valence-electron chi connectivity index (χ0n) is 19.8. The summed E-state index contributed by atoms with van der Waals surface area (Å²) in [5, 5.41) is 5.15. The maximum Gasteiger partial charge on any atom is 0.271 e. The van der Waals surface area contributed by atoms with Crippen LogP contribution in [0.2, 0.25) is 0 Å². The van der Waals surface area contributed by atoms with Crippen molar-refractivity contribution in [2.24, 2.45) is 12.8 Å². The lowest BCUT2D eigenvalue weighted by Gasteiger charge is -2.22. The topological polar surface area (TPSA) is 142 Å². The van der Waals surface area contributed by atoms with Crippen LogP contribution in [0.5, 0.6) is 0 Å². The molecule has 1 aliphatic carbocycles. The minimum atomic E-state index is -0.714. The number of aromatic nitrogens is 4. The Bertz CT molecular complexity index is 1520. The van der Waals surface area contributed by atoms with Gasteiger partial charge in [0.05, 0.1) is 36.5 Å². The number of rotatable bonds is 6. The summed E-state index contributed by atoms with van der Waals surface area (Å²) in [4.78, 5) is 36.5. The molecular weight excluding hydrogens is 458 g/mol. The third-order valence-electron chi connectivity index (χ3n) is 6.74. The van der Waals surface area contributed by atoms with Crippen LogP contribution >= 0.6 is 0 Å². The van der Waals surface area contributed by atoms with Crippen molar-refractivity contribution < 1.29 is 14.3 Å². The number of aryl methyl sites for hydroxylation is 1. The average Bonchev–Trinajstić information content (AvgIpc) is 3.46. The summed E-state index contributed by atoms with van der Waals surface area (Å²) in [5.74, 6) is -0.0935. The zero-order chi connectivity index (χ0) is 25.0. The third kappa shape index (κ3) is 3.85. The van der Waals surface area contributed by atoms with Crippen LogP contribution in [0.1, 0.15) is 62.0 Å². The second-order valence-corrected chi connectivity index (χ2v) is 9.34. The molecule has 3 aromatic heterocycles. The average molecular weight is 484 g/mol. The number of carbonyl (C=O) groups is 2. The van der Waals surface area contributed by atoms with Gasteiger partial charge >= 0.3 is 0 Å². The largest absolute Gasteiger partial charge is 0.383 e. The predicted molar refractivity (Wildman–Crippen MR) is 133 cm³/mol. The van der Waals surface area contributed by atoms with Crippen LogP contribution in [0.25, 0.3) is 10.9 Å². The molecule has 1 aliphatic heterocycles. The fourth-order valence-electron chi connectivity index (χ4n) is 4.72. The fourth-order valence-corrected chi connectivity index (χ4v) is 4.72. The van der Waals surface area contributed by atoms with Crippen molar-refractivity contribution in [1.82, 2.24) is 19.7 Å². The Morgan fingerprint density at radius 1 is 1.17 bits per heavy atom. The number of hydrogen-bond donors (Lipinski definition) is 2. The van der Waals surface area contributed by atoms with E-state index in [0.29, 0.717) is 36.2 Å². The highest BCUT2D eigenvalue weighted by atomic mass is 16.5. The van der Waals surface area contributed by atoms with E-state index in [2.05, 4.69) is 15.1 Å². The molecule has 10 heteroatoms. The maximum atomic E-state index is 13.7. The third-order valence-corrected chi connectivity index (χ3v) is 6.74. The molecule has 1 saturated carbocycles. The van der Waals surface area contributed by atoms with Crippen molar-refractivity contribution in [3.05, 3.63) is 76.4 Å². The van der Waals surface area contributed by atoms with E-state index in [4.69, 9.17) is 16.2 Å². The number of carbonyl (C=O) groups excluding carboxylic acids is 2. The van der Waals surface area contributed by atoms with Gasteiger partial charge in [0.25, 0.3) is 11.8 Å². The SMILES string of the molecule is Cn1cc(N(Cc2ccc3c4c(c(N)nc3c2)COC4)C(=O)c2ccc(C3CC3)nc2)c(C(N)=O)n1. The van der Waals surface area contributed by atoms with Gasteiger partial charge in [-0.3, -0.25) is 19.3 Å². The van der Waals surface area contributed by atoms with Crippen molar-refractivity contribution in [3.8, 4) is 0 Å². The molecule has 2 aliphatic rings. The summed E-state index contributed by atoms with van der Waals surface area (Å²) < 4.78 is 7.04. The number of primary amides is 1. The first-order valence-electron chi connectivity index (χ1n) is 11.8. The lowest BCUT2D eigenvalue weighted by atomic mass is 10.0. The van der Waals surface area contributed by atoms with Gasteiger partial charge in [-0.1, -0.05) is 12.1 Å². The second-order valence-electron chi connectivity index (χ2n) is 9.34. The van der Waals surface area contributed by atoms with E-state index in [1.807, 2.05) is 24.3 Å². The number of hydrogen-bond acceptors (Lipinski definition) is 7. The van der Waals surface area contributed by atoms with E-state index in [9.17, 15) is 9.59 Å². The Morgan fingerprint density at radius 2 is 1.97 bits per heavy atom. The normalized spacial score (nSPS) is 14.7. The van der Waals surface area contributed by atoms with Gasteiger partial charge in [-0.05, 0) is 42.2 Å². The maximum absolute atomic E-state index is 13.7. The molecule has 0 radical (unpaired) electrons. The van der Waals surface area contributed by atoms with Crippen molar-refractivity contribution in [1.29, 1.82) is 0 Å². The van der Waals surface area contributed by atoms with E-state index in [1.54, 1.807) is 25.5 Å². The molecule has 6 rings (SSSR count). The van der Waals surface area contributed by atoms with Crippen molar-refractivity contribution >= 4 is 34.2 Å². The molecule has 4 aromatic rings. The first-order valence-corrected chi connectivity index (χ1v) is 11.8. The molecule has 1 fully saturated rings. The van der Waals surface area contributed by atoms with Crippen molar-refractivity contribution in [3.63, 3.8) is 0 Å². The highest BCUT2D eigenvalue weighted by molar-refractivity contribution is 6.09. The Hall–Kier alpha value is -4.31. The standard InChI is InChI=1S/C26H25N7O3/c1-32-11-22(23(31-32)25(28)34)33(26(35)16-5-7-20(29-9-16)15-3-4-15)10-14-2-6-17-18-12-36-13-19(18)24(27)30-21(17)8-14/h2,5-9,11,15H,3-4,10,12-13H2,1H3,(H2,27,30)(H2,28,34). The van der Waals surface area contributed by atoms with Gasteiger partial charge in [-0.25, -0.2) is 4.98 Å². The lowest BCUT2D eigenvalue weighted by Crippen LogP contribution is -2.32. The number of nitrogens with zero attached hydrogens (tertiary/aromatic N) is 5. The van der Waals surface area contributed by atoms with E-state index in [0.717, 1.165) is 46.1 Å². The first kappa shape index (κ1) is 22.2. The summed E-state index contributed by atoms with van der Waals surface area (Å²) in [6.07, 6.45) is 5.46. The van der Waals surface area contributed by atoms with E-state index >= 15 is 0 Å². The monoisotopic (exact) mass is 483 g/mol.